The third-order valence-electron chi connectivity index (χ3n) is 8.48. The molecule has 4 saturated heterocycles. The lowest BCUT2D eigenvalue weighted by atomic mass is 9.94. The molecule has 4 fully saturated rings. The highest BCUT2D eigenvalue weighted by atomic mass is 16.8. The molecule has 0 aromatic rings. The lowest BCUT2D eigenvalue weighted by molar-refractivity contribution is -0.368. The molecule has 15 N–H and O–H groups in total. The standard InChI is InChI=1S/C25H38N2O23/c1-43-10-6(30)8(32)24(49-14(10)18(34)35)47-13-7(31)9(33)25(50-17(13)21(40)41)46-12-5(29)3(27)23(48-16(12)20(38)39)45-11-4(28)2(26)22(42)44-15(11)19(36)37/h2-17,22-25,28-33,42H,26-27H2,1H3,(H,34,35)(H,36,37)(H,38,39)(H,40,41)/t2-,3?,4?,5-,6+,7?,8?,9?,10+,11-,12+,13+,14?,15?,16?,17-,22+,23-,24-,25-/m1/s1. The number of methoxy groups -OCH3 is 1. The molecule has 25 heteroatoms. The SMILES string of the molecule is CO[C@@H]1C(C(=O)O)O[C@@H](O[C@H]2C(O)C(O)[C@H](O[C@@H]3C(C(=O)O)O[C@@H](O[C@H]4C(C(=O)O)O[C@H](O)[C@H](N)C4O)C(N)[C@H]3O)O[C@H]2C(=O)O)C(O)[C@@H]1O. The summed E-state index contributed by atoms with van der Waals surface area (Å²) >= 11 is 0. The summed E-state index contributed by atoms with van der Waals surface area (Å²) in [7, 11) is 1.01. The van der Waals surface area contributed by atoms with E-state index in [0.29, 0.717) is 0 Å². The highest BCUT2D eigenvalue weighted by Crippen LogP contribution is 2.34. The molecule has 0 radical (unpaired) electrons. The Morgan fingerprint density at radius 3 is 1.20 bits per heavy atom. The minimum atomic E-state index is -2.35. The Kier molecular flexibility index (Phi) is 12.7. The predicted molar refractivity (Wildman–Crippen MR) is 145 cm³/mol. The summed E-state index contributed by atoms with van der Waals surface area (Å²) in [5.41, 5.74) is 11.6. The molecule has 50 heavy (non-hydrogen) atoms. The van der Waals surface area contributed by atoms with Crippen molar-refractivity contribution in [2.24, 2.45) is 11.5 Å². The molecule has 4 aliphatic rings. The van der Waals surface area contributed by atoms with Crippen LogP contribution in [0.3, 0.4) is 0 Å². The summed E-state index contributed by atoms with van der Waals surface area (Å²) < 4.78 is 41.4. The van der Waals surface area contributed by atoms with E-state index < -0.39 is 147 Å². The van der Waals surface area contributed by atoms with Gasteiger partial charge in [-0.2, -0.15) is 0 Å². The van der Waals surface area contributed by atoms with E-state index >= 15 is 0 Å². The van der Waals surface area contributed by atoms with Crippen molar-refractivity contribution in [2.75, 3.05) is 7.11 Å². The van der Waals surface area contributed by atoms with Gasteiger partial charge in [0.2, 0.25) is 0 Å². The molecule has 0 amide bonds. The molecular weight excluding hydrogens is 696 g/mol. The van der Waals surface area contributed by atoms with Crippen molar-refractivity contribution < 1.29 is 113 Å². The van der Waals surface area contributed by atoms with Gasteiger partial charge in [-0.25, -0.2) is 19.2 Å². The largest absolute Gasteiger partial charge is 0.479 e. The van der Waals surface area contributed by atoms with Crippen molar-refractivity contribution in [2.45, 2.75) is 123 Å². The maximum atomic E-state index is 12.2. The van der Waals surface area contributed by atoms with E-state index in [9.17, 15) is 75.3 Å². The first-order valence-electron chi connectivity index (χ1n) is 14.6. The lowest BCUT2D eigenvalue weighted by Gasteiger charge is -2.48. The van der Waals surface area contributed by atoms with Crippen LogP contribution in [0.5, 0.6) is 0 Å². The molecule has 4 rings (SSSR count). The van der Waals surface area contributed by atoms with Gasteiger partial charge in [0.15, 0.2) is 49.6 Å². The number of carbonyl (C=O) groups is 4. The van der Waals surface area contributed by atoms with Crippen molar-refractivity contribution in [1.29, 1.82) is 0 Å². The maximum absolute atomic E-state index is 12.2. The summed E-state index contributed by atoms with van der Waals surface area (Å²) in [6.45, 7) is 0. The molecule has 0 bridgehead atoms. The van der Waals surface area contributed by atoms with E-state index in [2.05, 4.69) is 0 Å². The molecule has 4 heterocycles. The summed E-state index contributed by atoms with van der Waals surface area (Å²) in [4.78, 5) is 47.7. The van der Waals surface area contributed by atoms with Crippen LogP contribution in [0, 0.1) is 0 Å². The number of hydrogen-bond acceptors (Lipinski definition) is 21. The van der Waals surface area contributed by atoms with Crippen molar-refractivity contribution in [3.63, 3.8) is 0 Å². The van der Waals surface area contributed by atoms with E-state index in [4.69, 9.17) is 49.4 Å². The monoisotopic (exact) mass is 734 g/mol. The van der Waals surface area contributed by atoms with E-state index in [0.717, 1.165) is 7.11 Å². The number of ether oxygens (including phenoxy) is 8. The molecule has 25 nitrogen and oxygen atoms in total. The molecule has 4 aliphatic heterocycles. The van der Waals surface area contributed by atoms with Gasteiger partial charge in [-0.1, -0.05) is 0 Å². The molecule has 8 unspecified atom stereocenters. The third-order valence-corrected chi connectivity index (χ3v) is 8.48. The Morgan fingerprint density at radius 1 is 0.460 bits per heavy atom. The van der Waals surface area contributed by atoms with Crippen LogP contribution in [0.2, 0.25) is 0 Å². The molecule has 0 aliphatic carbocycles. The summed E-state index contributed by atoms with van der Waals surface area (Å²) in [6.07, 6.45) is -37.8. The van der Waals surface area contributed by atoms with E-state index in [-0.39, 0.29) is 0 Å². The Morgan fingerprint density at radius 2 is 0.780 bits per heavy atom. The molecule has 0 spiro atoms. The number of aliphatic carboxylic acids is 4. The molecule has 0 aromatic heterocycles. The van der Waals surface area contributed by atoms with E-state index in [1.165, 1.54) is 0 Å². The molecule has 0 aromatic carbocycles. The molecule has 0 saturated carbocycles. The second-order valence-corrected chi connectivity index (χ2v) is 11.7. The highest BCUT2D eigenvalue weighted by molar-refractivity contribution is 5.75. The van der Waals surface area contributed by atoms with Gasteiger partial charge < -0.3 is 106 Å². The minimum absolute atomic E-state index is 1.01. The van der Waals surface area contributed by atoms with Crippen LogP contribution in [0.4, 0.5) is 0 Å². The average Bonchev–Trinajstić information content (AvgIpc) is 3.05. The minimum Gasteiger partial charge on any atom is -0.479 e. The van der Waals surface area contributed by atoms with Crippen LogP contribution >= 0.6 is 0 Å². The van der Waals surface area contributed by atoms with Gasteiger partial charge in [-0.15, -0.1) is 0 Å². The first-order valence-corrected chi connectivity index (χ1v) is 14.6. The zero-order chi connectivity index (χ0) is 37.5. The van der Waals surface area contributed by atoms with Gasteiger partial charge in [-0.05, 0) is 0 Å². The fourth-order valence-electron chi connectivity index (χ4n) is 5.76. The van der Waals surface area contributed by atoms with Gasteiger partial charge in [0.25, 0.3) is 0 Å². The van der Waals surface area contributed by atoms with Crippen molar-refractivity contribution in [1.82, 2.24) is 0 Å². The fourth-order valence-corrected chi connectivity index (χ4v) is 5.76. The quantitative estimate of drug-likeness (QED) is 0.0937. The normalized spacial score (nSPS) is 48.4. The third kappa shape index (κ3) is 7.68. The zero-order valence-electron chi connectivity index (χ0n) is 25.5. The van der Waals surface area contributed by atoms with Crippen molar-refractivity contribution in [3.8, 4) is 0 Å². The van der Waals surface area contributed by atoms with Gasteiger partial charge in [0.1, 0.15) is 61.0 Å². The van der Waals surface area contributed by atoms with Crippen LogP contribution in [0.25, 0.3) is 0 Å². The van der Waals surface area contributed by atoms with Gasteiger partial charge in [-0.3, -0.25) is 0 Å². The van der Waals surface area contributed by atoms with Crippen LogP contribution in [-0.4, -0.2) is 210 Å². The number of carboxylic acid groups (broad SMARTS) is 4. The van der Waals surface area contributed by atoms with Crippen LogP contribution in [0.15, 0.2) is 0 Å². The second kappa shape index (κ2) is 15.8. The first-order chi connectivity index (χ1) is 23.3. The van der Waals surface area contributed by atoms with E-state index in [1.807, 2.05) is 0 Å². The van der Waals surface area contributed by atoms with Crippen LogP contribution < -0.4 is 11.5 Å². The smallest absolute Gasteiger partial charge is 0.335 e. The fraction of sp³-hybridized carbons (Fsp3) is 0.840. The Bertz CT molecular complexity index is 1240. The zero-order valence-corrected chi connectivity index (χ0v) is 25.5. The average molecular weight is 735 g/mol. The van der Waals surface area contributed by atoms with Gasteiger partial charge in [0.05, 0.1) is 12.1 Å². The summed E-state index contributed by atoms with van der Waals surface area (Å²) in [5, 5.41) is 112. The Labute approximate surface area is 278 Å². The summed E-state index contributed by atoms with van der Waals surface area (Å²) in [5.74, 6) is -7.22. The van der Waals surface area contributed by atoms with Crippen LogP contribution in [-0.2, 0) is 57.1 Å². The lowest BCUT2D eigenvalue weighted by Crippen LogP contribution is -2.70. The van der Waals surface area contributed by atoms with Gasteiger partial charge >= 0.3 is 23.9 Å². The number of aliphatic hydroxyl groups excluding tert-OH is 7. The van der Waals surface area contributed by atoms with Crippen molar-refractivity contribution >= 4 is 23.9 Å². The number of nitrogens with two attached hydrogens (primary N) is 2. The van der Waals surface area contributed by atoms with Crippen LogP contribution in [0.1, 0.15) is 0 Å². The topological polar surface area (TPSA) is 417 Å². The Hall–Kier alpha value is -2.80. The Balaban J connectivity index is 1.51. The predicted octanol–water partition coefficient (Wildman–Crippen LogP) is -8.79. The number of carboxylic acids is 4. The van der Waals surface area contributed by atoms with Gasteiger partial charge in [0, 0.05) is 7.11 Å². The molecule has 20 atom stereocenters. The first kappa shape index (κ1) is 40.0. The highest BCUT2D eigenvalue weighted by Gasteiger charge is 2.58. The van der Waals surface area contributed by atoms with Crippen molar-refractivity contribution in [3.05, 3.63) is 0 Å². The number of hydrogen-bond donors (Lipinski definition) is 13. The maximum Gasteiger partial charge on any atom is 0.335 e. The number of rotatable bonds is 11. The molecule has 286 valence electrons. The molecular formula is C25H38N2O23. The second-order valence-electron chi connectivity index (χ2n) is 11.7. The summed E-state index contributed by atoms with van der Waals surface area (Å²) in [6, 6.07) is -3.45. The van der Waals surface area contributed by atoms with E-state index in [1.54, 1.807) is 0 Å². The number of aliphatic hydroxyl groups is 7.